The van der Waals surface area contributed by atoms with Crippen molar-refractivity contribution < 1.29 is 13.2 Å². The van der Waals surface area contributed by atoms with Crippen LogP contribution in [0.15, 0.2) is 59.5 Å². The highest BCUT2D eigenvalue weighted by Gasteiger charge is 2.39. The van der Waals surface area contributed by atoms with Gasteiger partial charge in [-0.3, -0.25) is 0 Å². The zero-order chi connectivity index (χ0) is 16.4. The van der Waals surface area contributed by atoms with E-state index in [9.17, 15) is 8.42 Å². The molecule has 1 saturated heterocycles. The minimum absolute atomic E-state index is 0.208. The highest BCUT2D eigenvalue weighted by atomic mass is 32.2. The maximum atomic E-state index is 13.2. The van der Waals surface area contributed by atoms with Crippen LogP contribution in [0.2, 0.25) is 0 Å². The Morgan fingerprint density at radius 1 is 1.00 bits per heavy atom. The average Bonchev–Trinajstić information content (AvgIpc) is 2.55. The summed E-state index contributed by atoms with van der Waals surface area (Å²) in [6.07, 6.45) is 0. The molecule has 23 heavy (non-hydrogen) atoms. The van der Waals surface area contributed by atoms with Crippen molar-refractivity contribution in [3.8, 4) is 0 Å². The van der Waals surface area contributed by atoms with Gasteiger partial charge in [-0.1, -0.05) is 48.0 Å². The SMILES string of the molecule is Cc1ccc(S(=O)(=O)N2[C@H](C)COC[C@@H]2c2ccccc2)cc1. The average molecular weight is 331 g/mol. The number of ether oxygens (including phenoxy) is 1. The summed E-state index contributed by atoms with van der Waals surface area (Å²) in [5.74, 6) is 0. The number of benzene rings is 2. The Kier molecular flexibility index (Phi) is 4.53. The second-order valence-electron chi connectivity index (χ2n) is 5.96. The second kappa shape index (κ2) is 6.43. The zero-order valence-corrected chi connectivity index (χ0v) is 14.2. The van der Waals surface area contributed by atoms with E-state index in [0.29, 0.717) is 18.1 Å². The van der Waals surface area contributed by atoms with E-state index >= 15 is 0 Å². The molecule has 1 heterocycles. The van der Waals surface area contributed by atoms with Crippen molar-refractivity contribution in [3.63, 3.8) is 0 Å². The van der Waals surface area contributed by atoms with E-state index in [4.69, 9.17) is 4.74 Å². The van der Waals surface area contributed by atoms with E-state index in [1.54, 1.807) is 16.4 Å². The molecule has 1 fully saturated rings. The quantitative estimate of drug-likeness (QED) is 0.868. The lowest BCUT2D eigenvalue weighted by Crippen LogP contribution is -2.49. The standard InChI is InChI=1S/C18H21NO3S/c1-14-8-10-17(11-9-14)23(20,21)19-15(2)12-22-13-18(19)16-6-4-3-5-7-16/h3-11,15,18H,12-13H2,1-2H3/t15-,18-/m1/s1. The van der Waals surface area contributed by atoms with Gasteiger partial charge in [-0.2, -0.15) is 4.31 Å². The molecule has 2 aromatic carbocycles. The first-order chi connectivity index (χ1) is 11.0. The molecule has 0 bridgehead atoms. The minimum atomic E-state index is -3.57. The van der Waals surface area contributed by atoms with Crippen LogP contribution in [0, 0.1) is 6.92 Å². The van der Waals surface area contributed by atoms with Gasteiger partial charge in [0.15, 0.2) is 0 Å². The van der Waals surface area contributed by atoms with E-state index in [-0.39, 0.29) is 12.1 Å². The van der Waals surface area contributed by atoms with Gasteiger partial charge in [0.25, 0.3) is 0 Å². The number of aryl methyl sites for hydroxylation is 1. The van der Waals surface area contributed by atoms with Gasteiger partial charge in [-0.15, -0.1) is 0 Å². The molecule has 0 N–H and O–H groups in total. The van der Waals surface area contributed by atoms with Crippen LogP contribution in [-0.2, 0) is 14.8 Å². The third-order valence-corrected chi connectivity index (χ3v) is 6.19. The number of morpholine rings is 1. The van der Waals surface area contributed by atoms with Crippen molar-refractivity contribution in [1.82, 2.24) is 4.31 Å². The summed E-state index contributed by atoms with van der Waals surface area (Å²) in [7, 11) is -3.57. The Balaban J connectivity index is 2.03. The van der Waals surface area contributed by atoms with Crippen LogP contribution in [-0.4, -0.2) is 32.0 Å². The highest BCUT2D eigenvalue weighted by molar-refractivity contribution is 7.89. The topological polar surface area (TPSA) is 46.6 Å². The smallest absolute Gasteiger partial charge is 0.244 e. The molecule has 0 unspecified atom stereocenters. The number of nitrogens with zero attached hydrogens (tertiary/aromatic N) is 1. The molecule has 0 aliphatic carbocycles. The van der Waals surface area contributed by atoms with Crippen molar-refractivity contribution in [2.24, 2.45) is 0 Å². The Hall–Kier alpha value is -1.69. The maximum Gasteiger partial charge on any atom is 0.244 e. The fourth-order valence-corrected chi connectivity index (χ4v) is 4.73. The molecular formula is C18H21NO3S. The van der Waals surface area contributed by atoms with Crippen LogP contribution < -0.4 is 0 Å². The first-order valence-electron chi connectivity index (χ1n) is 7.73. The summed E-state index contributed by atoms with van der Waals surface area (Å²) in [4.78, 5) is 0.331. The predicted octanol–water partition coefficient (Wildman–Crippen LogP) is 3.15. The Bertz CT molecular complexity index is 757. The number of hydrogen-bond donors (Lipinski definition) is 0. The van der Waals surface area contributed by atoms with Crippen molar-refractivity contribution in [2.45, 2.75) is 30.8 Å². The first-order valence-corrected chi connectivity index (χ1v) is 9.17. The molecule has 4 nitrogen and oxygen atoms in total. The Labute approximate surface area is 137 Å². The monoisotopic (exact) mass is 331 g/mol. The Morgan fingerprint density at radius 2 is 1.65 bits per heavy atom. The zero-order valence-electron chi connectivity index (χ0n) is 13.3. The van der Waals surface area contributed by atoms with Crippen LogP contribution >= 0.6 is 0 Å². The van der Waals surface area contributed by atoms with E-state index in [0.717, 1.165) is 11.1 Å². The molecule has 2 atom stereocenters. The molecule has 2 aromatic rings. The van der Waals surface area contributed by atoms with Crippen molar-refractivity contribution in [3.05, 3.63) is 65.7 Å². The number of rotatable bonds is 3. The summed E-state index contributed by atoms with van der Waals surface area (Å²) < 4.78 is 33.5. The molecule has 1 aliphatic rings. The molecule has 0 amide bonds. The molecule has 1 aliphatic heterocycles. The molecule has 0 radical (unpaired) electrons. The normalized spacial score (nSPS) is 22.9. The fraction of sp³-hybridized carbons (Fsp3) is 0.333. The molecule has 0 aromatic heterocycles. The summed E-state index contributed by atoms with van der Waals surface area (Å²) in [6, 6.07) is 16.2. The Morgan fingerprint density at radius 3 is 2.30 bits per heavy atom. The van der Waals surface area contributed by atoms with Crippen LogP contribution in [0.1, 0.15) is 24.1 Å². The summed E-state index contributed by atoms with van der Waals surface area (Å²) in [6.45, 7) is 4.62. The van der Waals surface area contributed by atoms with Gasteiger partial charge in [0, 0.05) is 6.04 Å². The van der Waals surface area contributed by atoms with Crippen LogP contribution in [0.3, 0.4) is 0 Å². The molecular weight excluding hydrogens is 310 g/mol. The maximum absolute atomic E-state index is 13.2. The van der Waals surface area contributed by atoms with Gasteiger partial charge < -0.3 is 4.74 Å². The van der Waals surface area contributed by atoms with Gasteiger partial charge in [-0.25, -0.2) is 8.42 Å². The summed E-state index contributed by atoms with van der Waals surface area (Å²) in [5.41, 5.74) is 1.99. The van der Waals surface area contributed by atoms with Crippen LogP contribution in [0.4, 0.5) is 0 Å². The summed E-state index contributed by atoms with van der Waals surface area (Å²) >= 11 is 0. The molecule has 3 rings (SSSR count). The lowest BCUT2D eigenvalue weighted by molar-refractivity contribution is -0.000810. The molecule has 0 spiro atoms. The largest absolute Gasteiger partial charge is 0.378 e. The van der Waals surface area contributed by atoms with Crippen LogP contribution in [0.5, 0.6) is 0 Å². The van der Waals surface area contributed by atoms with Gasteiger partial charge in [0.1, 0.15) is 0 Å². The van der Waals surface area contributed by atoms with Crippen LogP contribution in [0.25, 0.3) is 0 Å². The van der Waals surface area contributed by atoms with Gasteiger partial charge in [0.2, 0.25) is 10.0 Å². The first kappa shape index (κ1) is 16.2. The minimum Gasteiger partial charge on any atom is -0.378 e. The molecule has 122 valence electrons. The third kappa shape index (κ3) is 3.17. The second-order valence-corrected chi connectivity index (χ2v) is 7.80. The predicted molar refractivity (Wildman–Crippen MR) is 89.7 cm³/mol. The summed E-state index contributed by atoms with van der Waals surface area (Å²) in [5, 5.41) is 0. The van der Waals surface area contributed by atoms with E-state index in [1.807, 2.05) is 56.3 Å². The number of hydrogen-bond acceptors (Lipinski definition) is 3. The van der Waals surface area contributed by atoms with Crippen molar-refractivity contribution in [2.75, 3.05) is 13.2 Å². The van der Waals surface area contributed by atoms with E-state index in [2.05, 4.69) is 0 Å². The third-order valence-electron chi connectivity index (χ3n) is 4.16. The van der Waals surface area contributed by atoms with Crippen molar-refractivity contribution in [1.29, 1.82) is 0 Å². The van der Waals surface area contributed by atoms with Crippen molar-refractivity contribution >= 4 is 10.0 Å². The molecule has 5 heteroatoms. The highest BCUT2D eigenvalue weighted by Crippen LogP contribution is 2.33. The van der Waals surface area contributed by atoms with E-state index in [1.165, 1.54) is 0 Å². The fourth-order valence-electron chi connectivity index (χ4n) is 2.96. The number of sulfonamides is 1. The van der Waals surface area contributed by atoms with Gasteiger partial charge in [-0.05, 0) is 31.5 Å². The lowest BCUT2D eigenvalue weighted by Gasteiger charge is -2.39. The van der Waals surface area contributed by atoms with Gasteiger partial charge in [0.05, 0.1) is 24.2 Å². The lowest BCUT2D eigenvalue weighted by atomic mass is 10.1. The molecule has 0 saturated carbocycles. The van der Waals surface area contributed by atoms with E-state index < -0.39 is 10.0 Å². The van der Waals surface area contributed by atoms with Gasteiger partial charge >= 0.3 is 0 Å².